The van der Waals surface area contributed by atoms with Crippen LogP contribution in [-0.4, -0.2) is 5.71 Å². The molecular weight excluding hydrogens is 585 g/mol. The summed E-state index contributed by atoms with van der Waals surface area (Å²) >= 11 is 0. The fraction of sp³-hybridized carbons (Fsp3) is 0.0444. The molecule has 0 amide bonds. The third-order valence-corrected chi connectivity index (χ3v) is 10.2. The summed E-state index contributed by atoms with van der Waals surface area (Å²) in [4.78, 5) is 5.22. The third kappa shape index (κ3) is 3.85. The molecule has 1 atom stereocenters. The maximum absolute atomic E-state index is 6.49. The van der Waals surface area contributed by atoms with Gasteiger partial charge < -0.3 is 10.1 Å². The van der Waals surface area contributed by atoms with Crippen LogP contribution in [0, 0.1) is 0 Å². The molecule has 0 radical (unpaired) electrons. The zero-order valence-corrected chi connectivity index (χ0v) is 26.1. The summed E-state index contributed by atoms with van der Waals surface area (Å²) in [6.07, 6.45) is -0.139. The quantitative estimate of drug-likeness (QED) is 0.215. The highest BCUT2D eigenvalue weighted by Crippen LogP contribution is 2.62. The van der Waals surface area contributed by atoms with Gasteiger partial charge in [-0.2, -0.15) is 0 Å². The molecule has 0 aromatic heterocycles. The van der Waals surface area contributed by atoms with E-state index in [1.807, 2.05) is 6.07 Å². The number of para-hydroxylation sites is 3. The first-order valence-corrected chi connectivity index (χ1v) is 16.5. The Hall–Kier alpha value is -6.19. The van der Waals surface area contributed by atoms with Crippen molar-refractivity contribution in [2.45, 2.75) is 11.6 Å². The highest BCUT2D eigenvalue weighted by atomic mass is 16.5. The van der Waals surface area contributed by atoms with Crippen LogP contribution >= 0.6 is 0 Å². The molecule has 3 nitrogen and oxygen atoms in total. The Morgan fingerprint density at radius 2 is 1.02 bits per heavy atom. The second-order valence-corrected chi connectivity index (χ2v) is 12.7. The number of nitrogens with zero attached hydrogens (tertiary/aromatic N) is 1. The number of hydrogen-bond acceptors (Lipinski definition) is 3. The van der Waals surface area contributed by atoms with Gasteiger partial charge in [0.05, 0.1) is 11.1 Å². The topological polar surface area (TPSA) is 33.6 Å². The minimum absolute atomic E-state index is 0.139. The van der Waals surface area contributed by atoms with E-state index in [-0.39, 0.29) is 6.17 Å². The van der Waals surface area contributed by atoms with E-state index in [9.17, 15) is 0 Å². The molecule has 1 spiro atoms. The Labute approximate surface area is 279 Å². The van der Waals surface area contributed by atoms with E-state index in [2.05, 4.69) is 169 Å². The molecule has 226 valence electrons. The number of rotatable bonds is 3. The number of ether oxygens (including phenoxy) is 1. The van der Waals surface area contributed by atoms with Crippen LogP contribution in [0.25, 0.3) is 22.3 Å². The number of fused-ring (bicyclic) bond motifs is 10. The summed E-state index contributed by atoms with van der Waals surface area (Å²) in [6, 6.07) is 60.7. The summed E-state index contributed by atoms with van der Waals surface area (Å²) < 4.78 is 6.49. The van der Waals surface area contributed by atoms with E-state index in [0.29, 0.717) is 0 Å². The van der Waals surface area contributed by atoms with Crippen LogP contribution in [0.1, 0.15) is 45.1 Å². The van der Waals surface area contributed by atoms with Gasteiger partial charge in [-0.1, -0.05) is 146 Å². The van der Waals surface area contributed by atoms with Crippen molar-refractivity contribution in [3.63, 3.8) is 0 Å². The molecule has 0 fully saturated rings. The van der Waals surface area contributed by atoms with Crippen molar-refractivity contribution in [2.24, 2.45) is 4.99 Å². The SMILES string of the molecule is c1ccc(C2N=C(c3ccc(-c4ccc5c(c4)-c4ccccc4C54c5ccccc5Oc5ccccc54)cc3)c3ccccc3N2)cc1. The summed E-state index contributed by atoms with van der Waals surface area (Å²) in [5.74, 6) is 1.82. The van der Waals surface area contributed by atoms with E-state index >= 15 is 0 Å². The smallest absolute Gasteiger partial charge is 0.145 e. The molecule has 1 aliphatic carbocycles. The molecule has 2 heterocycles. The van der Waals surface area contributed by atoms with Gasteiger partial charge in [0.2, 0.25) is 0 Å². The van der Waals surface area contributed by atoms with Crippen molar-refractivity contribution < 1.29 is 4.74 Å². The van der Waals surface area contributed by atoms with Crippen LogP contribution in [0.5, 0.6) is 11.5 Å². The Morgan fingerprint density at radius 1 is 0.458 bits per heavy atom. The molecule has 10 rings (SSSR count). The van der Waals surface area contributed by atoms with Crippen molar-refractivity contribution >= 4 is 11.4 Å². The van der Waals surface area contributed by atoms with E-state index in [1.165, 1.54) is 44.5 Å². The van der Waals surface area contributed by atoms with Gasteiger partial charge in [0.1, 0.15) is 17.7 Å². The highest BCUT2D eigenvalue weighted by molar-refractivity contribution is 6.17. The molecular formula is C45H30N2O. The van der Waals surface area contributed by atoms with Crippen molar-refractivity contribution in [2.75, 3.05) is 5.32 Å². The lowest BCUT2D eigenvalue weighted by molar-refractivity contribution is 0.436. The fourth-order valence-corrected chi connectivity index (χ4v) is 8.08. The average Bonchev–Trinajstić information content (AvgIpc) is 3.45. The second kappa shape index (κ2) is 10.4. The Balaban J connectivity index is 1.09. The molecule has 1 unspecified atom stereocenters. The van der Waals surface area contributed by atoms with Gasteiger partial charge in [0.15, 0.2) is 0 Å². The Morgan fingerprint density at radius 3 is 1.77 bits per heavy atom. The first-order valence-electron chi connectivity index (χ1n) is 16.5. The first-order chi connectivity index (χ1) is 23.8. The van der Waals surface area contributed by atoms with E-state index < -0.39 is 5.41 Å². The number of hydrogen-bond donors (Lipinski definition) is 1. The largest absolute Gasteiger partial charge is 0.457 e. The van der Waals surface area contributed by atoms with Gasteiger partial charge >= 0.3 is 0 Å². The first kappa shape index (κ1) is 27.0. The highest BCUT2D eigenvalue weighted by Gasteiger charge is 2.50. The predicted molar refractivity (Wildman–Crippen MR) is 194 cm³/mol. The van der Waals surface area contributed by atoms with Crippen molar-refractivity contribution in [3.05, 3.63) is 209 Å². The van der Waals surface area contributed by atoms with Crippen molar-refractivity contribution in [1.82, 2.24) is 0 Å². The lowest BCUT2D eigenvalue weighted by Gasteiger charge is -2.39. The summed E-state index contributed by atoms with van der Waals surface area (Å²) in [6.45, 7) is 0. The summed E-state index contributed by atoms with van der Waals surface area (Å²) in [5, 5.41) is 3.62. The fourth-order valence-electron chi connectivity index (χ4n) is 8.08. The number of nitrogens with one attached hydrogen (secondary N) is 1. The van der Waals surface area contributed by atoms with Crippen LogP contribution < -0.4 is 10.1 Å². The average molecular weight is 615 g/mol. The third-order valence-electron chi connectivity index (χ3n) is 10.2. The molecule has 3 aliphatic rings. The molecule has 7 aromatic rings. The number of anilines is 1. The van der Waals surface area contributed by atoms with Crippen LogP contribution in [0.15, 0.2) is 175 Å². The lowest BCUT2D eigenvalue weighted by Crippen LogP contribution is -2.32. The standard InChI is InChI=1S/C45H30N2O/c1-2-12-31(13-3-1)44-46-40-19-9-5-15-34(40)43(47-44)30-24-22-29(23-25-30)32-26-27-37-35(28-32)33-14-4-6-16-36(33)45(37)38-17-7-10-20-41(38)48-42-21-11-8-18-39(42)45/h1-28,44,46H. The van der Waals surface area contributed by atoms with Crippen LogP contribution in [0.4, 0.5) is 5.69 Å². The minimum Gasteiger partial charge on any atom is -0.457 e. The predicted octanol–water partition coefficient (Wildman–Crippen LogP) is 10.8. The molecule has 7 aromatic carbocycles. The maximum Gasteiger partial charge on any atom is 0.145 e. The van der Waals surface area contributed by atoms with Gasteiger partial charge in [0, 0.05) is 27.9 Å². The second-order valence-electron chi connectivity index (χ2n) is 12.7. The summed E-state index contributed by atoms with van der Waals surface area (Å²) in [7, 11) is 0. The summed E-state index contributed by atoms with van der Waals surface area (Å²) in [5.41, 5.74) is 14.9. The molecule has 1 N–H and O–H groups in total. The van der Waals surface area contributed by atoms with Gasteiger partial charge in [-0.3, -0.25) is 4.99 Å². The van der Waals surface area contributed by atoms with Crippen molar-refractivity contribution in [1.29, 1.82) is 0 Å². The van der Waals surface area contributed by atoms with Crippen LogP contribution in [0.3, 0.4) is 0 Å². The molecule has 2 aliphatic heterocycles. The van der Waals surface area contributed by atoms with E-state index in [0.717, 1.165) is 39.6 Å². The minimum atomic E-state index is -0.449. The van der Waals surface area contributed by atoms with E-state index in [1.54, 1.807) is 0 Å². The normalized spacial score (nSPS) is 15.9. The van der Waals surface area contributed by atoms with Crippen LogP contribution in [0.2, 0.25) is 0 Å². The monoisotopic (exact) mass is 614 g/mol. The van der Waals surface area contributed by atoms with Gasteiger partial charge in [-0.15, -0.1) is 0 Å². The van der Waals surface area contributed by atoms with Gasteiger partial charge in [-0.05, 0) is 63.2 Å². The number of aliphatic imine (C=N–C) groups is 1. The number of benzene rings is 7. The van der Waals surface area contributed by atoms with E-state index in [4.69, 9.17) is 9.73 Å². The Kier molecular flexibility index (Phi) is 5.85. The molecule has 0 saturated heterocycles. The zero-order chi connectivity index (χ0) is 31.7. The van der Waals surface area contributed by atoms with Gasteiger partial charge in [0.25, 0.3) is 0 Å². The molecule has 3 heteroatoms. The maximum atomic E-state index is 6.49. The Bertz CT molecular complexity index is 2360. The zero-order valence-electron chi connectivity index (χ0n) is 26.1. The molecule has 0 bridgehead atoms. The lowest BCUT2D eigenvalue weighted by atomic mass is 9.66. The van der Waals surface area contributed by atoms with Crippen molar-refractivity contribution in [3.8, 4) is 33.8 Å². The molecule has 0 saturated carbocycles. The molecule has 48 heavy (non-hydrogen) atoms. The van der Waals surface area contributed by atoms with Gasteiger partial charge in [-0.25, -0.2) is 0 Å². The van der Waals surface area contributed by atoms with Crippen LogP contribution in [-0.2, 0) is 5.41 Å².